The molecular formula is C20H17NO2. The van der Waals surface area contributed by atoms with Gasteiger partial charge >= 0.3 is 0 Å². The number of carbonyl (C=O) groups excluding carboxylic acids is 1. The summed E-state index contributed by atoms with van der Waals surface area (Å²) in [4.78, 5) is 13.6. The molecule has 0 aliphatic carbocycles. The van der Waals surface area contributed by atoms with Crippen molar-refractivity contribution in [3.8, 4) is 5.75 Å². The highest BCUT2D eigenvalue weighted by atomic mass is 16.5. The summed E-state index contributed by atoms with van der Waals surface area (Å²) in [5, 5.41) is 2.46. The fraction of sp³-hybridized carbons (Fsp3) is 0.150. The third kappa shape index (κ3) is 2.44. The van der Waals surface area contributed by atoms with Crippen molar-refractivity contribution in [3.05, 3.63) is 71.8 Å². The molecule has 1 aliphatic rings. The number of rotatable bonds is 2. The topological polar surface area (TPSA) is 29.5 Å². The summed E-state index contributed by atoms with van der Waals surface area (Å²) in [6.07, 6.45) is 0. The van der Waals surface area contributed by atoms with Gasteiger partial charge in [-0.25, -0.2) is 0 Å². The van der Waals surface area contributed by atoms with E-state index in [0.29, 0.717) is 6.73 Å². The Morgan fingerprint density at radius 1 is 1.00 bits per heavy atom. The average Bonchev–Trinajstić information content (AvgIpc) is 2.61. The van der Waals surface area contributed by atoms with E-state index in [2.05, 4.69) is 35.2 Å². The molecule has 0 spiro atoms. The van der Waals surface area contributed by atoms with Crippen molar-refractivity contribution in [2.75, 3.05) is 11.6 Å². The van der Waals surface area contributed by atoms with Crippen LogP contribution in [-0.4, -0.2) is 12.5 Å². The van der Waals surface area contributed by atoms with E-state index in [0.717, 1.165) is 23.5 Å². The van der Waals surface area contributed by atoms with Crippen LogP contribution in [0.3, 0.4) is 0 Å². The maximum absolute atomic E-state index is 11.4. The summed E-state index contributed by atoms with van der Waals surface area (Å²) < 4.78 is 5.94. The third-order valence-corrected chi connectivity index (χ3v) is 4.36. The van der Waals surface area contributed by atoms with Gasteiger partial charge in [0.1, 0.15) is 5.75 Å². The molecule has 1 heterocycles. The number of hydrogen-bond donors (Lipinski definition) is 0. The fourth-order valence-corrected chi connectivity index (χ4v) is 3.07. The number of fused-ring (bicyclic) bond motifs is 3. The van der Waals surface area contributed by atoms with Crippen LogP contribution in [0.15, 0.2) is 60.7 Å². The van der Waals surface area contributed by atoms with Crippen molar-refractivity contribution in [1.29, 1.82) is 0 Å². The van der Waals surface area contributed by atoms with Crippen molar-refractivity contribution in [1.82, 2.24) is 0 Å². The molecule has 0 bridgehead atoms. The Bertz CT molecular complexity index is 884. The third-order valence-electron chi connectivity index (χ3n) is 4.36. The van der Waals surface area contributed by atoms with Gasteiger partial charge in [0.05, 0.1) is 6.54 Å². The molecule has 0 N–H and O–H groups in total. The van der Waals surface area contributed by atoms with Crippen LogP contribution >= 0.6 is 0 Å². The van der Waals surface area contributed by atoms with E-state index < -0.39 is 0 Å². The van der Waals surface area contributed by atoms with Crippen LogP contribution in [-0.2, 0) is 6.54 Å². The van der Waals surface area contributed by atoms with Gasteiger partial charge in [0.15, 0.2) is 12.5 Å². The molecule has 0 amide bonds. The Hall–Kier alpha value is -2.81. The Balaban J connectivity index is 1.70. The zero-order valence-corrected chi connectivity index (χ0v) is 13.0. The minimum Gasteiger partial charge on any atom is -0.473 e. The summed E-state index contributed by atoms with van der Waals surface area (Å²) in [7, 11) is 0. The first-order valence-corrected chi connectivity index (χ1v) is 7.72. The summed E-state index contributed by atoms with van der Waals surface area (Å²) in [5.74, 6) is 1.04. The monoisotopic (exact) mass is 303 g/mol. The van der Waals surface area contributed by atoms with Gasteiger partial charge in [-0.1, -0.05) is 30.3 Å². The van der Waals surface area contributed by atoms with Crippen LogP contribution in [0.1, 0.15) is 22.8 Å². The number of anilines is 1. The standard InChI is InChI=1S/C20H17NO2/c1-14(22)15-6-9-17(10-7-15)21-12-19-18-5-3-2-4-16(18)8-11-20(19)23-13-21/h2-11H,12-13H2,1H3. The summed E-state index contributed by atoms with van der Waals surface area (Å²) in [6, 6.07) is 20.2. The molecule has 114 valence electrons. The molecule has 0 fully saturated rings. The highest BCUT2D eigenvalue weighted by Gasteiger charge is 2.19. The van der Waals surface area contributed by atoms with Crippen LogP contribution in [0.25, 0.3) is 10.8 Å². The van der Waals surface area contributed by atoms with Crippen molar-refractivity contribution < 1.29 is 9.53 Å². The van der Waals surface area contributed by atoms with Crippen LogP contribution < -0.4 is 9.64 Å². The molecule has 0 saturated carbocycles. The Kier molecular flexibility index (Phi) is 3.27. The van der Waals surface area contributed by atoms with Gasteiger partial charge in [-0.3, -0.25) is 4.79 Å². The van der Waals surface area contributed by atoms with Crippen molar-refractivity contribution >= 4 is 22.2 Å². The quantitative estimate of drug-likeness (QED) is 0.657. The molecular weight excluding hydrogens is 286 g/mol. The summed E-state index contributed by atoms with van der Waals surface area (Å²) in [6.45, 7) is 2.91. The van der Waals surface area contributed by atoms with Crippen molar-refractivity contribution in [2.45, 2.75) is 13.5 Å². The second-order valence-corrected chi connectivity index (χ2v) is 5.84. The number of nitrogens with zero attached hydrogens (tertiary/aromatic N) is 1. The van der Waals surface area contributed by atoms with E-state index in [1.54, 1.807) is 6.92 Å². The van der Waals surface area contributed by atoms with Gasteiger partial charge in [0.25, 0.3) is 0 Å². The zero-order chi connectivity index (χ0) is 15.8. The van der Waals surface area contributed by atoms with E-state index in [1.807, 2.05) is 30.3 Å². The molecule has 0 unspecified atom stereocenters. The number of Topliss-reactive ketones (excluding diaryl/α,β-unsaturated/α-hetero) is 1. The maximum atomic E-state index is 11.4. The molecule has 23 heavy (non-hydrogen) atoms. The summed E-state index contributed by atoms with van der Waals surface area (Å²) in [5.41, 5.74) is 3.01. The summed E-state index contributed by atoms with van der Waals surface area (Å²) >= 11 is 0. The van der Waals surface area contributed by atoms with Gasteiger partial charge in [-0.15, -0.1) is 0 Å². The number of ketones is 1. The molecule has 3 nitrogen and oxygen atoms in total. The molecule has 1 aliphatic heterocycles. The van der Waals surface area contributed by atoms with Gasteiger partial charge in [0.2, 0.25) is 0 Å². The van der Waals surface area contributed by atoms with E-state index in [9.17, 15) is 4.79 Å². The molecule has 0 radical (unpaired) electrons. The predicted molar refractivity (Wildman–Crippen MR) is 92.1 cm³/mol. The highest BCUT2D eigenvalue weighted by Crippen LogP contribution is 2.33. The van der Waals surface area contributed by atoms with Crippen molar-refractivity contribution in [2.24, 2.45) is 0 Å². The van der Waals surface area contributed by atoms with Crippen molar-refractivity contribution in [3.63, 3.8) is 0 Å². The van der Waals surface area contributed by atoms with Gasteiger partial charge in [0, 0.05) is 16.8 Å². The van der Waals surface area contributed by atoms with E-state index in [-0.39, 0.29) is 5.78 Å². The van der Waals surface area contributed by atoms with Crippen LogP contribution in [0.4, 0.5) is 5.69 Å². The lowest BCUT2D eigenvalue weighted by Crippen LogP contribution is -2.31. The normalized spacial score (nSPS) is 13.5. The highest BCUT2D eigenvalue weighted by molar-refractivity contribution is 5.94. The van der Waals surface area contributed by atoms with E-state index in [1.165, 1.54) is 16.3 Å². The van der Waals surface area contributed by atoms with Crippen LogP contribution in [0, 0.1) is 0 Å². The smallest absolute Gasteiger partial charge is 0.161 e. The predicted octanol–water partition coefficient (Wildman–Crippen LogP) is 4.40. The first-order chi connectivity index (χ1) is 11.2. The van der Waals surface area contributed by atoms with Crippen LogP contribution in [0.5, 0.6) is 5.75 Å². The minimum atomic E-state index is 0.0859. The molecule has 3 heteroatoms. The minimum absolute atomic E-state index is 0.0859. The maximum Gasteiger partial charge on any atom is 0.161 e. The van der Waals surface area contributed by atoms with E-state index in [4.69, 9.17) is 4.74 Å². The number of carbonyl (C=O) groups is 1. The van der Waals surface area contributed by atoms with Gasteiger partial charge < -0.3 is 9.64 Å². The van der Waals surface area contributed by atoms with E-state index >= 15 is 0 Å². The Labute approximate surface area is 135 Å². The molecule has 0 atom stereocenters. The zero-order valence-electron chi connectivity index (χ0n) is 13.0. The molecule has 0 saturated heterocycles. The second kappa shape index (κ2) is 5.43. The lowest BCUT2D eigenvalue weighted by molar-refractivity contribution is 0.101. The molecule has 4 rings (SSSR count). The molecule has 3 aromatic rings. The SMILES string of the molecule is CC(=O)c1ccc(N2COc3ccc4ccccc4c3C2)cc1. The number of hydrogen-bond acceptors (Lipinski definition) is 3. The molecule has 3 aromatic carbocycles. The fourth-order valence-electron chi connectivity index (χ4n) is 3.07. The lowest BCUT2D eigenvalue weighted by Gasteiger charge is -2.31. The van der Waals surface area contributed by atoms with Gasteiger partial charge in [-0.05, 0) is 48.0 Å². The first-order valence-electron chi connectivity index (χ1n) is 7.72. The van der Waals surface area contributed by atoms with Crippen LogP contribution in [0.2, 0.25) is 0 Å². The lowest BCUT2D eigenvalue weighted by atomic mass is 10.0. The van der Waals surface area contributed by atoms with Gasteiger partial charge in [-0.2, -0.15) is 0 Å². The first kappa shape index (κ1) is 13.8. The Morgan fingerprint density at radius 3 is 2.57 bits per heavy atom. The average molecular weight is 303 g/mol. The Morgan fingerprint density at radius 2 is 1.78 bits per heavy atom. The number of benzene rings is 3. The molecule has 0 aromatic heterocycles. The largest absolute Gasteiger partial charge is 0.473 e. The number of ether oxygens (including phenoxy) is 1. The second-order valence-electron chi connectivity index (χ2n) is 5.84.